The van der Waals surface area contributed by atoms with Crippen LogP contribution in [-0.2, 0) is 14.6 Å². The molecule has 88 valence electrons. The third-order valence-corrected chi connectivity index (χ3v) is 4.05. The summed E-state index contributed by atoms with van der Waals surface area (Å²) in [7, 11) is -3.19. The van der Waals surface area contributed by atoms with Gasteiger partial charge in [-0.1, -0.05) is 6.92 Å². The quantitative estimate of drug-likeness (QED) is 0.694. The van der Waals surface area contributed by atoms with Crippen LogP contribution in [0.5, 0.6) is 0 Å². The van der Waals surface area contributed by atoms with Gasteiger partial charge >= 0.3 is 0 Å². The van der Waals surface area contributed by atoms with Crippen molar-refractivity contribution in [3.8, 4) is 0 Å². The molecule has 1 fully saturated rings. The summed E-state index contributed by atoms with van der Waals surface area (Å²) >= 11 is 0. The Labute approximate surface area is 90.7 Å². The first-order chi connectivity index (χ1) is 7.05. The first-order valence-electron chi connectivity index (χ1n) is 5.24. The topological polar surface area (TPSA) is 66.5 Å². The molecule has 0 saturated carbocycles. The smallest absolute Gasteiger partial charge is 0.237 e. The van der Waals surface area contributed by atoms with E-state index in [9.17, 15) is 13.2 Å². The van der Waals surface area contributed by atoms with Crippen molar-refractivity contribution in [2.24, 2.45) is 0 Å². The zero-order chi connectivity index (χ0) is 11.3. The lowest BCUT2D eigenvalue weighted by Gasteiger charge is -2.27. The van der Waals surface area contributed by atoms with Crippen LogP contribution in [0.1, 0.15) is 13.3 Å². The molecule has 1 aliphatic rings. The van der Waals surface area contributed by atoms with Gasteiger partial charge in [-0.2, -0.15) is 0 Å². The average Bonchev–Trinajstić information content (AvgIpc) is 2.18. The van der Waals surface area contributed by atoms with Gasteiger partial charge in [0.2, 0.25) is 5.91 Å². The van der Waals surface area contributed by atoms with Gasteiger partial charge in [-0.3, -0.25) is 4.79 Å². The highest BCUT2D eigenvalue weighted by Crippen LogP contribution is 1.99. The van der Waals surface area contributed by atoms with Crippen LogP contribution in [0.4, 0.5) is 0 Å². The molecule has 1 heterocycles. The Hall–Kier alpha value is -0.620. The Morgan fingerprint density at radius 3 is 2.47 bits per heavy atom. The Bertz CT molecular complexity index is 307. The van der Waals surface area contributed by atoms with E-state index in [1.54, 1.807) is 11.8 Å². The van der Waals surface area contributed by atoms with Crippen LogP contribution in [0.25, 0.3) is 0 Å². The van der Waals surface area contributed by atoms with E-state index >= 15 is 0 Å². The lowest BCUT2D eigenvalue weighted by atomic mass is 10.3. The first-order valence-corrected chi connectivity index (χ1v) is 7.06. The number of nitrogens with zero attached hydrogens (tertiary/aromatic N) is 1. The molecule has 1 N–H and O–H groups in total. The number of carbonyl (C=O) groups excluding carboxylic acids is 1. The summed E-state index contributed by atoms with van der Waals surface area (Å²) in [5.74, 6) is -0.490. The molecule has 1 rings (SSSR count). The van der Waals surface area contributed by atoms with Gasteiger partial charge in [0.15, 0.2) is 9.84 Å². The highest BCUT2D eigenvalue weighted by molar-refractivity contribution is 7.92. The van der Waals surface area contributed by atoms with Crippen molar-refractivity contribution >= 4 is 15.7 Å². The highest BCUT2D eigenvalue weighted by atomic mass is 32.2. The molecule has 0 aromatic carbocycles. The summed E-state index contributed by atoms with van der Waals surface area (Å²) in [4.78, 5) is 13.2. The van der Waals surface area contributed by atoms with Gasteiger partial charge in [0.1, 0.15) is 5.75 Å². The summed E-state index contributed by atoms with van der Waals surface area (Å²) in [5.41, 5.74) is 0. The van der Waals surface area contributed by atoms with E-state index in [0.717, 1.165) is 13.1 Å². The zero-order valence-electron chi connectivity index (χ0n) is 9.03. The maximum Gasteiger partial charge on any atom is 0.237 e. The maximum absolute atomic E-state index is 11.6. The van der Waals surface area contributed by atoms with E-state index in [0.29, 0.717) is 19.5 Å². The van der Waals surface area contributed by atoms with Gasteiger partial charge in [-0.15, -0.1) is 0 Å². The number of hydrogen-bond acceptors (Lipinski definition) is 4. The molecule has 15 heavy (non-hydrogen) atoms. The van der Waals surface area contributed by atoms with Crippen LogP contribution in [0, 0.1) is 0 Å². The van der Waals surface area contributed by atoms with Crippen molar-refractivity contribution in [2.45, 2.75) is 13.3 Å². The summed E-state index contributed by atoms with van der Waals surface area (Å²) in [6.45, 7) is 4.52. The van der Waals surface area contributed by atoms with E-state index in [2.05, 4.69) is 5.32 Å². The molecule has 1 saturated heterocycles. The van der Waals surface area contributed by atoms with E-state index < -0.39 is 9.84 Å². The lowest BCUT2D eigenvalue weighted by molar-refractivity contribution is -0.128. The van der Waals surface area contributed by atoms with Gasteiger partial charge in [-0.05, 0) is 6.42 Å². The molecular formula is C9H18N2O3S. The number of sulfone groups is 1. The summed E-state index contributed by atoms with van der Waals surface area (Å²) in [6, 6.07) is 0. The molecule has 0 aliphatic carbocycles. The first kappa shape index (κ1) is 12.4. The molecular weight excluding hydrogens is 216 g/mol. The molecule has 0 unspecified atom stereocenters. The predicted molar refractivity (Wildman–Crippen MR) is 58.4 cm³/mol. The monoisotopic (exact) mass is 234 g/mol. The second kappa shape index (κ2) is 5.46. The van der Waals surface area contributed by atoms with Crippen molar-refractivity contribution < 1.29 is 13.2 Å². The van der Waals surface area contributed by atoms with Gasteiger partial charge < -0.3 is 10.2 Å². The van der Waals surface area contributed by atoms with Crippen molar-refractivity contribution in [3.63, 3.8) is 0 Å². The lowest BCUT2D eigenvalue weighted by Crippen LogP contribution is -2.48. The fraction of sp³-hybridized carbons (Fsp3) is 0.889. The fourth-order valence-corrected chi connectivity index (χ4v) is 2.90. The zero-order valence-corrected chi connectivity index (χ0v) is 9.85. The van der Waals surface area contributed by atoms with Gasteiger partial charge in [0, 0.05) is 26.2 Å². The number of nitrogens with one attached hydrogen (secondary N) is 1. The second-order valence-electron chi connectivity index (χ2n) is 3.72. The van der Waals surface area contributed by atoms with Crippen LogP contribution in [0.2, 0.25) is 0 Å². The number of piperazine rings is 1. The minimum Gasteiger partial charge on any atom is -0.339 e. The standard InChI is InChI=1S/C9H18N2O3S/c1-2-7-15(13,14)8-9(12)11-5-3-10-4-6-11/h10H,2-8H2,1H3. The Balaban J connectivity index is 2.47. The van der Waals surface area contributed by atoms with E-state index in [4.69, 9.17) is 0 Å². The number of amides is 1. The number of rotatable bonds is 4. The minimum absolute atomic E-state index is 0.102. The van der Waals surface area contributed by atoms with Crippen molar-refractivity contribution in [2.75, 3.05) is 37.7 Å². The molecule has 0 aromatic heterocycles. The molecule has 0 radical (unpaired) electrons. The van der Waals surface area contributed by atoms with Crippen molar-refractivity contribution in [1.29, 1.82) is 0 Å². The average molecular weight is 234 g/mol. The Kier molecular flexibility index (Phi) is 4.53. The van der Waals surface area contributed by atoms with Crippen LogP contribution in [0.15, 0.2) is 0 Å². The third kappa shape index (κ3) is 4.17. The van der Waals surface area contributed by atoms with E-state index in [1.807, 2.05) is 0 Å². The minimum atomic E-state index is -3.19. The van der Waals surface area contributed by atoms with Crippen LogP contribution >= 0.6 is 0 Å². The van der Waals surface area contributed by atoms with Gasteiger partial charge in [-0.25, -0.2) is 8.42 Å². The van der Waals surface area contributed by atoms with Crippen molar-refractivity contribution in [1.82, 2.24) is 10.2 Å². The summed E-state index contributed by atoms with van der Waals surface area (Å²) in [6.07, 6.45) is 0.567. The second-order valence-corrected chi connectivity index (χ2v) is 5.91. The molecule has 1 aliphatic heterocycles. The highest BCUT2D eigenvalue weighted by Gasteiger charge is 2.22. The fourth-order valence-electron chi connectivity index (χ4n) is 1.58. The molecule has 0 bridgehead atoms. The summed E-state index contributed by atoms with van der Waals surface area (Å²) < 4.78 is 22.8. The van der Waals surface area contributed by atoms with E-state index in [1.165, 1.54) is 0 Å². The van der Waals surface area contributed by atoms with Crippen molar-refractivity contribution in [3.05, 3.63) is 0 Å². The predicted octanol–water partition coefficient (Wildman–Crippen LogP) is -0.757. The number of carbonyl (C=O) groups is 1. The Morgan fingerprint density at radius 1 is 1.33 bits per heavy atom. The number of hydrogen-bond donors (Lipinski definition) is 1. The van der Waals surface area contributed by atoms with E-state index in [-0.39, 0.29) is 17.4 Å². The normalized spacial score (nSPS) is 17.8. The van der Waals surface area contributed by atoms with Crippen LogP contribution in [-0.4, -0.2) is 56.9 Å². The van der Waals surface area contributed by atoms with Crippen LogP contribution in [0.3, 0.4) is 0 Å². The molecule has 1 amide bonds. The maximum atomic E-state index is 11.6. The van der Waals surface area contributed by atoms with Gasteiger partial charge in [0.05, 0.1) is 5.75 Å². The Morgan fingerprint density at radius 2 is 1.93 bits per heavy atom. The SMILES string of the molecule is CCCS(=O)(=O)CC(=O)N1CCNCC1. The van der Waals surface area contributed by atoms with Crippen LogP contribution < -0.4 is 5.32 Å². The summed E-state index contributed by atoms with van der Waals surface area (Å²) in [5, 5.41) is 3.11. The third-order valence-electron chi connectivity index (χ3n) is 2.33. The molecule has 0 atom stereocenters. The molecule has 6 heteroatoms. The molecule has 0 spiro atoms. The molecule has 5 nitrogen and oxygen atoms in total. The largest absolute Gasteiger partial charge is 0.339 e. The van der Waals surface area contributed by atoms with Gasteiger partial charge in [0.25, 0.3) is 0 Å². The molecule has 0 aromatic rings.